The Bertz CT molecular complexity index is 431. The van der Waals surface area contributed by atoms with Gasteiger partial charge in [0.25, 0.3) is 0 Å². The molecular formula is C17H25NO. The summed E-state index contributed by atoms with van der Waals surface area (Å²) in [5.74, 6) is 0.381. The Labute approximate surface area is 116 Å². The molecular weight excluding hydrogens is 234 g/mol. The molecule has 1 heterocycles. The molecule has 0 bridgehead atoms. The lowest BCUT2D eigenvalue weighted by Gasteiger charge is -2.36. The van der Waals surface area contributed by atoms with E-state index in [1.54, 1.807) is 0 Å². The van der Waals surface area contributed by atoms with Crippen molar-refractivity contribution in [2.24, 2.45) is 5.92 Å². The Morgan fingerprint density at radius 3 is 2.79 bits per heavy atom. The Hall–Kier alpha value is -0.860. The van der Waals surface area contributed by atoms with E-state index in [1.165, 1.54) is 36.8 Å². The molecule has 1 aromatic rings. The van der Waals surface area contributed by atoms with E-state index in [0.717, 1.165) is 12.8 Å². The lowest BCUT2D eigenvalue weighted by Crippen LogP contribution is -2.46. The fourth-order valence-corrected chi connectivity index (χ4v) is 3.90. The van der Waals surface area contributed by atoms with Gasteiger partial charge in [0.1, 0.15) is 0 Å². The predicted molar refractivity (Wildman–Crippen MR) is 78.1 cm³/mol. The Morgan fingerprint density at radius 1 is 1.11 bits per heavy atom. The van der Waals surface area contributed by atoms with Crippen LogP contribution in [0.5, 0.6) is 0 Å². The third-order valence-electron chi connectivity index (χ3n) is 4.93. The number of piperidine rings is 1. The molecule has 3 rings (SSSR count). The fraction of sp³-hybridized carbons (Fsp3) is 0.647. The highest BCUT2D eigenvalue weighted by atomic mass is 16.3. The monoisotopic (exact) mass is 259 g/mol. The van der Waals surface area contributed by atoms with Crippen LogP contribution in [-0.2, 0) is 6.42 Å². The van der Waals surface area contributed by atoms with Crippen LogP contribution in [0.2, 0.25) is 0 Å². The molecule has 0 amide bonds. The highest BCUT2D eigenvalue weighted by Crippen LogP contribution is 2.37. The van der Waals surface area contributed by atoms with Gasteiger partial charge in [0.15, 0.2) is 0 Å². The van der Waals surface area contributed by atoms with Crippen molar-refractivity contribution < 1.29 is 5.11 Å². The van der Waals surface area contributed by atoms with Crippen LogP contribution in [0, 0.1) is 5.92 Å². The normalized spacial score (nSPS) is 35.5. The molecule has 1 aromatic carbocycles. The predicted octanol–water partition coefficient (Wildman–Crippen LogP) is 3.20. The summed E-state index contributed by atoms with van der Waals surface area (Å²) in [5, 5.41) is 14.5. The molecule has 0 aromatic heterocycles. The number of hydrogen-bond donors (Lipinski definition) is 2. The zero-order valence-corrected chi connectivity index (χ0v) is 11.8. The molecule has 4 atom stereocenters. The van der Waals surface area contributed by atoms with Crippen LogP contribution < -0.4 is 5.32 Å². The van der Waals surface area contributed by atoms with Crippen molar-refractivity contribution in [3.63, 3.8) is 0 Å². The second kappa shape index (κ2) is 5.64. The first kappa shape index (κ1) is 13.1. The summed E-state index contributed by atoms with van der Waals surface area (Å²) in [7, 11) is 0. The molecule has 4 unspecified atom stereocenters. The Balaban J connectivity index is 1.83. The van der Waals surface area contributed by atoms with Gasteiger partial charge in [0.2, 0.25) is 0 Å². The van der Waals surface area contributed by atoms with Gasteiger partial charge in [-0.25, -0.2) is 0 Å². The number of fused-ring (bicyclic) bond motifs is 1. The molecule has 2 heteroatoms. The first-order valence-electron chi connectivity index (χ1n) is 7.77. The van der Waals surface area contributed by atoms with Gasteiger partial charge in [0, 0.05) is 18.0 Å². The van der Waals surface area contributed by atoms with Crippen LogP contribution in [0.25, 0.3) is 0 Å². The van der Waals surface area contributed by atoms with Crippen LogP contribution in [0.3, 0.4) is 0 Å². The fourth-order valence-electron chi connectivity index (χ4n) is 3.90. The van der Waals surface area contributed by atoms with Gasteiger partial charge in [-0.3, -0.25) is 0 Å². The topological polar surface area (TPSA) is 32.3 Å². The summed E-state index contributed by atoms with van der Waals surface area (Å²) in [6, 6.07) is 9.53. The lowest BCUT2D eigenvalue weighted by molar-refractivity contribution is 0.0674. The first-order chi connectivity index (χ1) is 9.25. The van der Waals surface area contributed by atoms with Gasteiger partial charge in [0.05, 0.1) is 6.10 Å². The zero-order valence-electron chi connectivity index (χ0n) is 11.8. The number of rotatable bonds is 1. The van der Waals surface area contributed by atoms with E-state index in [9.17, 15) is 5.11 Å². The smallest absolute Gasteiger partial charge is 0.0835 e. The van der Waals surface area contributed by atoms with Gasteiger partial charge in [-0.05, 0) is 50.2 Å². The standard InChI is InChI=1S/C17H25NO/c1-12-6-4-11-16(18-12)15-10-5-8-13-7-2-3-9-14(13)17(15)19/h2-3,7,9,12,15-19H,4-6,8,10-11H2,1H3. The van der Waals surface area contributed by atoms with E-state index in [0.29, 0.717) is 18.0 Å². The van der Waals surface area contributed by atoms with Crippen molar-refractivity contribution in [3.05, 3.63) is 35.4 Å². The molecule has 1 saturated heterocycles. The maximum Gasteiger partial charge on any atom is 0.0835 e. The van der Waals surface area contributed by atoms with Gasteiger partial charge < -0.3 is 10.4 Å². The van der Waals surface area contributed by atoms with Crippen LogP contribution in [0.15, 0.2) is 24.3 Å². The summed E-state index contributed by atoms with van der Waals surface area (Å²) in [6.07, 6.45) is 6.95. The zero-order chi connectivity index (χ0) is 13.2. The van der Waals surface area contributed by atoms with Crippen molar-refractivity contribution in [1.29, 1.82) is 0 Å². The largest absolute Gasteiger partial charge is 0.388 e. The van der Waals surface area contributed by atoms with E-state index in [4.69, 9.17) is 0 Å². The highest BCUT2D eigenvalue weighted by Gasteiger charge is 2.33. The quantitative estimate of drug-likeness (QED) is 0.759. The minimum atomic E-state index is -0.290. The summed E-state index contributed by atoms with van der Waals surface area (Å²) in [5.41, 5.74) is 2.52. The minimum Gasteiger partial charge on any atom is -0.388 e. The van der Waals surface area contributed by atoms with Crippen molar-refractivity contribution >= 4 is 0 Å². The van der Waals surface area contributed by atoms with Crippen molar-refractivity contribution in [2.45, 2.75) is 63.6 Å². The second-order valence-electron chi connectivity index (χ2n) is 6.30. The maximum atomic E-state index is 10.8. The number of aliphatic hydroxyl groups excluding tert-OH is 1. The minimum absolute atomic E-state index is 0.290. The molecule has 2 nitrogen and oxygen atoms in total. The third-order valence-corrected chi connectivity index (χ3v) is 4.93. The molecule has 2 aliphatic rings. The van der Waals surface area contributed by atoms with Crippen molar-refractivity contribution in [1.82, 2.24) is 5.32 Å². The third kappa shape index (κ3) is 2.70. The number of aryl methyl sites for hydroxylation is 1. The lowest BCUT2D eigenvalue weighted by atomic mass is 9.82. The Morgan fingerprint density at radius 2 is 1.95 bits per heavy atom. The highest BCUT2D eigenvalue weighted by molar-refractivity contribution is 5.31. The average molecular weight is 259 g/mol. The molecule has 1 aliphatic heterocycles. The van der Waals surface area contributed by atoms with Crippen LogP contribution in [0.4, 0.5) is 0 Å². The summed E-state index contributed by atoms with van der Waals surface area (Å²) in [6.45, 7) is 2.27. The van der Waals surface area contributed by atoms with E-state index in [-0.39, 0.29) is 6.10 Å². The summed E-state index contributed by atoms with van der Waals surface area (Å²) >= 11 is 0. The molecule has 1 aliphatic carbocycles. The number of nitrogens with one attached hydrogen (secondary N) is 1. The van der Waals surface area contributed by atoms with E-state index >= 15 is 0 Å². The summed E-state index contributed by atoms with van der Waals surface area (Å²) in [4.78, 5) is 0. The van der Waals surface area contributed by atoms with Crippen molar-refractivity contribution in [2.75, 3.05) is 0 Å². The molecule has 0 spiro atoms. The number of aliphatic hydroxyl groups is 1. The molecule has 0 radical (unpaired) electrons. The van der Waals surface area contributed by atoms with E-state index in [1.807, 2.05) is 0 Å². The molecule has 0 saturated carbocycles. The van der Waals surface area contributed by atoms with Gasteiger partial charge in [-0.15, -0.1) is 0 Å². The second-order valence-corrected chi connectivity index (χ2v) is 6.30. The van der Waals surface area contributed by atoms with E-state index in [2.05, 4.69) is 36.5 Å². The number of benzene rings is 1. The van der Waals surface area contributed by atoms with Gasteiger partial charge >= 0.3 is 0 Å². The van der Waals surface area contributed by atoms with Gasteiger partial charge in [-0.1, -0.05) is 30.7 Å². The maximum absolute atomic E-state index is 10.8. The Kier molecular flexibility index (Phi) is 3.90. The molecule has 1 fully saturated rings. The average Bonchev–Trinajstić information content (AvgIpc) is 2.59. The van der Waals surface area contributed by atoms with Crippen LogP contribution in [0.1, 0.15) is 56.3 Å². The van der Waals surface area contributed by atoms with Crippen LogP contribution >= 0.6 is 0 Å². The van der Waals surface area contributed by atoms with Crippen LogP contribution in [-0.4, -0.2) is 17.2 Å². The molecule has 19 heavy (non-hydrogen) atoms. The first-order valence-corrected chi connectivity index (χ1v) is 7.77. The molecule has 2 N–H and O–H groups in total. The SMILES string of the molecule is CC1CCCC(C2CCCc3ccccc3C2O)N1. The number of hydrogen-bond acceptors (Lipinski definition) is 2. The van der Waals surface area contributed by atoms with Gasteiger partial charge in [-0.2, -0.15) is 0 Å². The van der Waals surface area contributed by atoms with E-state index < -0.39 is 0 Å². The molecule has 104 valence electrons. The van der Waals surface area contributed by atoms with Crippen molar-refractivity contribution in [3.8, 4) is 0 Å². The summed E-state index contributed by atoms with van der Waals surface area (Å²) < 4.78 is 0.